The quantitative estimate of drug-likeness (QED) is 0.812. The van der Waals surface area contributed by atoms with Crippen LogP contribution in [0.1, 0.15) is 45.4 Å². The summed E-state index contributed by atoms with van der Waals surface area (Å²) in [6.45, 7) is 7.28. The minimum absolute atomic E-state index is 0. The van der Waals surface area contributed by atoms with Gasteiger partial charge in [-0.15, -0.1) is 24.8 Å². The maximum absolute atomic E-state index is 12.2. The molecular weight excluding hydrogens is 297 g/mol. The average molecular weight is 326 g/mol. The molecule has 2 rings (SSSR count). The number of amides is 1. The van der Waals surface area contributed by atoms with Crippen molar-refractivity contribution in [3.05, 3.63) is 0 Å². The van der Waals surface area contributed by atoms with E-state index in [9.17, 15) is 4.79 Å². The van der Waals surface area contributed by atoms with Gasteiger partial charge >= 0.3 is 0 Å². The third-order valence-electron chi connectivity index (χ3n) is 4.44. The van der Waals surface area contributed by atoms with Crippen molar-refractivity contribution in [3.63, 3.8) is 0 Å². The van der Waals surface area contributed by atoms with Crippen LogP contribution in [-0.4, -0.2) is 49.1 Å². The van der Waals surface area contributed by atoms with Crippen LogP contribution in [0.3, 0.4) is 0 Å². The summed E-state index contributed by atoms with van der Waals surface area (Å²) in [7, 11) is 0. The van der Waals surface area contributed by atoms with Crippen LogP contribution < -0.4 is 10.6 Å². The molecule has 4 nitrogen and oxygen atoms in total. The molecule has 120 valence electrons. The Morgan fingerprint density at radius 2 is 1.90 bits per heavy atom. The summed E-state index contributed by atoms with van der Waals surface area (Å²) in [4.78, 5) is 14.7. The van der Waals surface area contributed by atoms with Gasteiger partial charge in [-0.1, -0.05) is 13.3 Å². The molecule has 1 unspecified atom stereocenters. The SMILES string of the molecule is CCC1(C(=O)NCCN2CCCCC2)CCCN1.Cl.Cl. The van der Waals surface area contributed by atoms with E-state index in [0.717, 1.165) is 38.9 Å². The average Bonchev–Trinajstić information content (AvgIpc) is 2.90. The third-order valence-corrected chi connectivity index (χ3v) is 4.44. The summed E-state index contributed by atoms with van der Waals surface area (Å²) in [6, 6.07) is 0. The van der Waals surface area contributed by atoms with Gasteiger partial charge in [0.2, 0.25) is 5.91 Å². The van der Waals surface area contributed by atoms with E-state index in [-0.39, 0.29) is 36.3 Å². The van der Waals surface area contributed by atoms with E-state index in [0.29, 0.717) is 0 Å². The highest BCUT2D eigenvalue weighted by Gasteiger charge is 2.38. The molecule has 2 heterocycles. The van der Waals surface area contributed by atoms with Crippen molar-refractivity contribution in [3.8, 4) is 0 Å². The second kappa shape index (κ2) is 9.82. The number of nitrogens with one attached hydrogen (secondary N) is 2. The molecule has 0 aromatic heterocycles. The number of carbonyl (C=O) groups excluding carboxylic acids is 1. The fraction of sp³-hybridized carbons (Fsp3) is 0.929. The van der Waals surface area contributed by atoms with Crippen LogP contribution in [0.2, 0.25) is 0 Å². The van der Waals surface area contributed by atoms with Crippen molar-refractivity contribution < 1.29 is 4.79 Å². The highest BCUT2D eigenvalue weighted by atomic mass is 35.5. The van der Waals surface area contributed by atoms with Crippen LogP contribution in [-0.2, 0) is 4.79 Å². The Bertz CT molecular complexity index is 278. The van der Waals surface area contributed by atoms with Gasteiger partial charge in [0, 0.05) is 13.1 Å². The summed E-state index contributed by atoms with van der Waals surface area (Å²) < 4.78 is 0. The molecule has 0 aromatic rings. The lowest BCUT2D eigenvalue weighted by Gasteiger charge is -2.29. The zero-order chi connectivity index (χ0) is 12.8. The van der Waals surface area contributed by atoms with E-state index < -0.39 is 0 Å². The number of nitrogens with zero attached hydrogens (tertiary/aromatic N) is 1. The number of carbonyl (C=O) groups is 1. The molecule has 0 bridgehead atoms. The predicted molar refractivity (Wildman–Crippen MR) is 88.1 cm³/mol. The molecule has 0 saturated carbocycles. The molecule has 2 aliphatic rings. The number of halogens is 2. The summed E-state index contributed by atoms with van der Waals surface area (Å²) in [5.41, 5.74) is -0.276. The van der Waals surface area contributed by atoms with E-state index in [1.807, 2.05) is 0 Å². The van der Waals surface area contributed by atoms with Gasteiger partial charge in [-0.05, 0) is 51.7 Å². The first-order chi connectivity index (χ1) is 8.77. The van der Waals surface area contributed by atoms with Gasteiger partial charge in [0.25, 0.3) is 0 Å². The van der Waals surface area contributed by atoms with Crippen LogP contribution in [0.5, 0.6) is 0 Å². The van der Waals surface area contributed by atoms with Crippen LogP contribution in [0.15, 0.2) is 0 Å². The highest BCUT2D eigenvalue weighted by Crippen LogP contribution is 2.22. The second-order valence-corrected chi connectivity index (χ2v) is 5.62. The smallest absolute Gasteiger partial charge is 0.240 e. The number of hydrogen-bond acceptors (Lipinski definition) is 3. The van der Waals surface area contributed by atoms with E-state index in [1.165, 1.54) is 32.4 Å². The molecule has 1 amide bonds. The fourth-order valence-corrected chi connectivity index (χ4v) is 3.14. The number of rotatable bonds is 5. The van der Waals surface area contributed by atoms with Gasteiger partial charge in [0.15, 0.2) is 0 Å². The maximum atomic E-state index is 12.2. The summed E-state index contributed by atoms with van der Waals surface area (Å²) in [5.74, 6) is 0.208. The molecule has 0 aromatic carbocycles. The third kappa shape index (κ3) is 5.06. The second-order valence-electron chi connectivity index (χ2n) is 5.62. The number of piperidine rings is 1. The fourth-order valence-electron chi connectivity index (χ4n) is 3.14. The van der Waals surface area contributed by atoms with E-state index in [2.05, 4.69) is 22.5 Å². The Kier molecular flexibility index (Phi) is 9.81. The molecule has 1 atom stereocenters. The van der Waals surface area contributed by atoms with Gasteiger partial charge in [0.05, 0.1) is 5.54 Å². The van der Waals surface area contributed by atoms with Crippen LogP contribution in [0.25, 0.3) is 0 Å². The van der Waals surface area contributed by atoms with Crippen molar-refractivity contribution in [1.82, 2.24) is 15.5 Å². The van der Waals surface area contributed by atoms with Crippen molar-refractivity contribution in [1.29, 1.82) is 0 Å². The predicted octanol–water partition coefficient (Wildman–Crippen LogP) is 1.96. The maximum Gasteiger partial charge on any atom is 0.240 e. The van der Waals surface area contributed by atoms with E-state index in [1.54, 1.807) is 0 Å². The first-order valence-corrected chi connectivity index (χ1v) is 7.52. The van der Waals surface area contributed by atoms with Gasteiger partial charge in [-0.3, -0.25) is 4.79 Å². The van der Waals surface area contributed by atoms with Gasteiger partial charge in [0.1, 0.15) is 0 Å². The summed E-state index contributed by atoms with van der Waals surface area (Å²) in [5, 5.41) is 6.50. The molecule has 0 aliphatic carbocycles. The van der Waals surface area contributed by atoms with E-state index >= 15 is 0 Å². The van der Waals surface area contributed by atoms with Gasteiger partial charge in [-0.25, -0.2) is 0 Å². The minimum atomic E-state index is -0.276. The Morgan fingerprint density at radius 1 is 1.20 bits per heavy atom. The zero-order valence-electron chi connectivity index (χ0n) is 12.5. The van der Waals surface area contributed by atoms with Crippen molar-refractivity contribution in [2.75, 3.05) is 32.7 Å². The number of hydrogen-bond donors (Lipinski definition) is 2. The molecule has 2 aliphatic heterocycles. The van der Waals surface area contributed by atoms with E-state index in [4.69, 9.17) is 0 Å². The highest BCUT2D eigenvalue weighted by molar-refractivity contribution is 5.86. The molecule has 2 saturated heterocycles. The van der Waals surface area contributed by atoms with Crippen molar-refractivity contribution in [2.45, 2.75) is 51.0 Å². The Hall–Kier alpha value is -0.0300. The largest absolute Gasteiger partial charge is 0.353 e. The molecular formula is C14H29Cl2N3O. The molecule has 2 N–H and O–H groups in total. The van der Waals surface area contributed by atoms with Crippen LogP contribution >= 0.6 is 24.8 Å². The molecule has 2 fully saturated rings. The Balaban J connectivity index is 0.00000180. The zero-order valence-corrected chi connectivity index (χ0v) is 14.1. The van der Waals surface area contributed by atoms with Crippen LogP contribution in [0, 0.1) is 0 Å². The topological polar surface area (TPSA) is 44.4 Å². The molecule has 20 heavy (non-hydrogen) atoms. The monoisotopic (exact) mass is 325 g/mol. The lowest BCUT2D eigenvalue weighted by molar-refractivity contribution is -0.127. The lowest BCUT2D eigenvalue weighted by atomic mass is 9.93. The minimum Gasteiger partial charge on any atom is -0.353 e. The van der Waals surface area contributed by atoms with Gasteiger partial charge in [-0.2, -0.15) is 0 Å². The normalized spacial score (nSPS) is 26.4. The van der Waals surface area contributed by atoms with Crippen molar-refractivity contribution >= 4 is 30.7 Å². The molecule has 6 heteroatoms. The number of likely N-dealkylation sites (tertiary alicyclic amines) is 1. The van der Waals surface area contributed by atoms with Crippen molar-refractivity contribution in [2.24, 2.45) is 0 Å². The first kappa shape index (κ1) is 20.0. The summed E-state index contributed by atoms with van der Waals surface area (Å²) in [6.07, 6.45) is 6.99. The Morgan fingerprint density at radius 3 is 2.45 bits per heavy atom. The molecule has 0 spiro atoms. The Labute approximate surface area is 135 Å². The van der Waals surface area contributed by atoms with Crippen LogP contribution in [0.4, 0.5) is 0 Å². The first-order valence-electron chi connectivity index (χ1n) is 7.52. The van der Waals surface area contributed by atoms with Gasteiger partial charge < -0.3 is 15.5 Å². The lowest BCUT2D eigenvalue weighted by Crippen LogP contribution is -2.54. The summed E-state index contributed by atoms with van der Waals surface area (Å²) >= 11 is 0. The molecule has 0 radical (unpaired) electrons. The standard InChI is InChI=1S/C14H27N3O.2ClH/c1-2-14(7-6-8-16-14)13(18)15-9-12-17-10-4-3-5-11-17;;/h16H,2-12H2,1H3,(H,15,18);2*1H.